The summed E-state index contributed by atoms with van der Waals surface area (Å²) in [5.74, 6) is -2.11. The molecule has 3 aromatic carbocycles. The van der Waals surface area contributed by atoms with Crippen LogP contribution in [0.4, 0.5) is 5.69 Å². The van der Waals surface area contributed by atoms with E-state index in [-0.39, 0.29) is 35.7 Å². The van der Waals surface area contributed by atoms with Crippen molar-refractivity contribution in [2.75, 3.05) is 18.5 Å². The summed E-state index contributed by atoms with van der Waals surface area (Å²) in [6.07, 6.45) is 0.128. The van der Waals surface area contributed by atoms with E-state index in [9.17, 15) is 19.5 Å². The summed E-state index contributed by atoms with van der Waals surface area (Å²) in [6.45, 7) is 2.34. The van der Waals surface area contributed by atoms with Crippen molar-refractivity contribution in [2.24, 2.45) is 11.8 Å². The minimum atomic E-state index is -1.23. The van der Waals surface area contributed by atoms with Gasteiger partial charge >= 0.3 is 0 Å². The van der Waals surface area contributed by atoms with Crippen LogP contribution in [0.25, 0.3) is 0 Å². The number of carbonyl (C=O) groups excluding carboxylic acids is 3. The average molecular weight is 663 g/mol. The van der Waals surface area contributed by atoms with E-state index < -0.39 is 35.6 Å². The topological polar surface area (TPSA) is 117 Å². The fourth-order valence-electron chi connectivity index (χ4n) is 7.11. The third-order valence-corrected chi connectivity index (χ3v) is 9.78. The molecule has 3 unspecified atom stereocenters. The molecule has 3 amide bonds. The monoisotopic (exact) mass is 661 g/mol. The molecule has 0 aromatic heterocycles. The van der Waals surface area contributed by atoms with Gasteiger partial charge in [-0.05, 0) is 55.2 Å². The Morgan fingerprint density at radius 2 is 1.68 bits per heavy atom. The summed E-state index contributed by atoms with van der Waals surface area (Å²) >= 11 is 3.72. The van der Waals surface area contributed by atoms with Gasteiger partial charge in [0.05, 0.1) is 37.2 Å². The molecule has 3 aromatic rings. The van der Waals surface area contributed by atoms with Gasteiger partial charge in [-0.25, -0.2) is 0 Å². The first-order chi connectivity index (χ1) is 21.4. The second kappa shape index (κ2) is 12.7. The highest BCUT2D eigenvalue weighted by Crippen LogP contribution is 2.60. The zero-order chi connectivity index (χ0) is 30.8. The smallest absolute Gasteiger partial charge is 0.246 e. The lowest BCUT2D eigenvalue weighted by Crippen LogP contribution is -2.58. The van der Waals surface area contributed by atoms with Gasteiger partial charge in [0.1, 0.15) is 17.4 Å². The number of halogens is 1. The Balaban J connectivity index is 1.33. The Bertz CT molecular complexity index is 1490. The number of aliphatic hydroxyl groups is 1. The maximum atomic E-state index is 14.5. The Morgan fingerprint density at radius 1 is 1.02 bits per heavy atom. The van der Waals surface area contributed by atoms with E-state index in [2.05, 4.69) is 26.6 Å². The molecule has 6 rings (SSSR count). The number of amides is 3. The van der Waals surface area contributed by atoms with E-state index in [0.29, 0.717) is 30.9 Å². The number of benzene rings is 3. The van der Waals surface area contributed by atoms with Crippen LogP contribution < -0.4 is 15.4 Å². The maximum absolute atomic E-state index is 14.5. The fourth-order valence-corrected chi connectivity index (χ4v) is 8.05. The Kier molecular flexibility index (Phi) is 8.75. The molecule has 3 fully saturated rings. The van der Waals surface area contributed by atoms with E-state index in [4.69, 9.17) is 9.47 Å². The predicted octanol–water partition coefficient (Wildman–Crippen LogP) is 3.69. The number of carbonyl (C=O) groups is 3. The molecular formula is C34H36BrN3O6. The third-order valence-electron chi connectivity index (χ3n) is 8.94. The van der Waals surface area contributed by atoms with Gasteiger partial charge < -0.3 is 30.1 Å². The van der Waals surface area contributed by atoms with Crippen LogP contribution in [-0.4, -0.2) is 69.6 Å². The molecule has 0 radical (unpaired) electrons. The molecule has 9 nitrogen and oxygen atoms in total. The van der Waals surface area contributed by atoms with Crippen molar-refractivity contribution in [2.45, 2.75) is 54.9 Å². The van der Waals surface area contributed by atoms with E-state index in [1.54, 1.807) is 24.3 Å². The highest BCUT2D eigenvalue weighted by Gasteiger charge is 2.77. The second-order valence-corrected chi connectivity index (χ2v) is 12.8. The van der Waals surface area contributed by atoms with Crippen molar-refractivity contribution in [1.29, 1.82) is 0 Å². The second-order valence-electron chi connectivity index (χ2n) is 11.6. The van der Waals surface area contributed by atoms with Crippen molar-refractivity contribution in [3.05, 3.63) is 96.1 Å². The third kappa shape index (κ3) is 5.50. The lowest BCUT2D eigenvalue weighted by atomic mass is 9.70. The number of fused-ring (bicyclic) bond motifs is 1. The number of hydrogen-bond acceptors (Lipinski definition) is 6. The Hall–Kier alpha value is -3.73. The van der Waals surface area contributed by atoms with Crippen molar-refractivity contribution >= 4 is 39.3 Å². The summed E-state index contributed by atoms with van der Waals surface area (Å²) < 4.78 is 12.1. The van der Waals surface area contributed by atoms with E-state index in [1.165, 1.54) is 4.90 Å². The van der Waals surface area contributed by atoms with Gasteiger partial charge in [-0.15, -0.1) is 0 Å². The highest BCUT2D eigenvalue weighted by atomic mass is 79.9. The SMILES string of the molecule is CCOc1ccc(NC(=O)[C@H]2[C@@H]3OC4(CC3Br)C(C(=O)NCc3ccccc3)N([C@@H](CO)Cc3ccccc3)C(=O)[C@H]24)cc1. The average Bonchev–Trinajstić information content (AvgIpc) is 3.64. The molecular weight excluding hydrogens is 626 g/mol. The molecule has 3 saturated heterocycles. The maximum Gasteiger partial charge on any atom is 0.246 e. The number of nitrogens with one attached hydrogen (secondary N) is 2. The number of nitrogens with zero attached hydrogens (tertiary/aromatic N) is 1. The van der Waals surface area contributed by atoms with Crippen molar-refractivity contribution in [3.8, 4) is 5.75 Å². The Morgan fingerprint density at radius 3 is 2.32 bits per heavy atom. The first-order valence-electron chi connectivity index (χ1n) is 15.0. The molecule has 7 atom stereocenters. The van der Waals surface area contributed by atoms with Gasteiger partial charge in [0.25, 0.3) is 0 Å². The molecule has 44 heavy (non-hydrogen) atoms. The van der Waals surface area contributed by atoms with Gasteiger partial charge in [0.2, 0.25) is 17.7 Å². The van der Waals surface area contributed by atoms with E-state index >= 15 is 0 Å². The minimum Gasteiger partial charge on any atom is -0.494 e. The van der Waals surface area contributed by atoms with Crippen molar-refractivity contribution in [1.82, 2.24) is 10.2 Å². The van der Waals surface area contributed by atoms with Crippen molar-refractivity contribution in [3.63, 3.8) is 0 Å². The normalized spacial score (nSPS) is 27.6. The molecule has 10 heteroatoms. The first-order valence-corrected chi connectivity index (χ1v) is 15.9. The Labute approximate surface area is 265 Å². The summed E-state index contributed by atoms with van der Waals surface area (Å²) in [5, 5.41) is 16.6. The zero-order valence-corrected chi connectivity index (χ0v) is 26.0. The quantitative estimate of drug-likeness (QED) is 0.270. The van der Waals surface area contributed by atoms with Gasteiger partial charge in [-0.3, -0.25) is 14.4 Å². The number of alkyl halides is 1. The standard InChI is InChI=1S/C34H36BrN3O6/c1-2-43-25-15-13-23(14-16-25)37-31(40)27-28-33(42)38(24(20-39)17-21-9-5-3-6-10-21)30(34(28)18-26(35)29(27)44-34)32(41)36-19-22-11-7-4-8-12-22/h3-16,24,26-30,39H,2,17-20H2,1H3,(H,36,41)(H,37,40)/t24-,26?,27-,28+,29-,30?,34?/m1/s1. The number of likely N-dealkylation sites (tertiary alicyclic amines) is 1. The number of rotatable bonds is 11. The molecule has 0 saturated carbocycles. The van der Waals surface area contributed by atoms with E-state index in [0.717, 1.165) is 11.1 Å². The van der Waals surface area contributed by atoms with Crippen LogP contribution in [-0.2, 0) is 32.1 Å². The molecule has 230 valence electrons. The molecule has 3 aliphatic rings. The largest absolute Gasteiger partial charge is 0.494 e. The minimum absolute atomic E-state index is 0.242. The predicted molar refractivity (Wildman–Crippen MR) is 168 cm³/mol. The molecule has 3 N–H and O–H groups in total. The lowest BCUT2D eigenvalue weighted by molar-refractivity contribution is -0.145. The van der Waals surface area contributed by atoms with Crippen LogP contribution in [0.5, 0.6) is 5.75 Å². The lowest BCUT2D eigenvalue weighted by Gasteiger charge is -2.37. The summed E-state index contributed by atoms with van der Waals surface area (Å²) in [4.78, 5) is 43.8. The molecule has 0 aliphatic carbocycles. The van der Waals surface area contributed by atoms with Crippen LogP contribution >= 0.6 is 15.9 Å². The van der Waals surface area contributed by atoms with E-state index in [1.807, 2.05) is 67.6 Å². The first kappa shape index (κ1) is 30.3. The highest BCUT2D eigenvalue weighted by molar-refractivity contribution is 9.09. The van der Waals surface area contributed by atoms with Gasteiger partial charge in [-0.1, -0.05) is 76.6 Å². The van der Waals surface area contributed by atoms with Crippen LogP contribution in [0.3, 0.4) is 0 Å². The van der Waals surface area contributed by atoms with Gasteiger partial charge in [-0.2, -0.15) is 0 Å². The number of hydrogen-bond donors (Lipinski definition) is 3. The van der Waals surface area contributed by atoms with Crippen LogP contribution in [0.15, 0.2) is 84.9 Å². The number of ether oxygens (including phenoxy) is 2. The molecule has 1 spiro atoms. The molecule has 2 bridgehead atoms. The zero-order valence-electron chi connectivity index (χ0n) is 24.4. The summed E-state index contributed by atoms with van der Waals surface area (Å²) in [5.41, 5.74) is 1.17. The number of aliphatic hydroxyl groups excluding tert-OH is 1. The van der Waals surface area contributed by atoms with Gasteiger partial charge in [0.15, 0.2) is 0 Å². The van der Waals surface area contributed by atoms with Crippen LogP contribution in [0, 0.1) is 11.8 Å². The molecule has 3 heterocycles. The molecule has 3 aliphatic heterocycles. The van der Waals surface area contributed by atoms with Crippen molar-refractivity contribution < 1.29 is 29.0 Å². The van der Waals surface area contributed by atoms with Crippen LogP contribution in [0.1, 0.15) is 24.5 Å². The summed E-state index contributed by atoms with van der Waals surface area (Å²) in [7, 11) is 0. The van der Waals surface area contributed by atoms with Gasteiger partial charge in [0, 0.05) is 17.1 Å². The summed E-state index contributed by atoms with van der Waals surface area (Å²) in [6, 6.07) is 24.4. The number of anilines is 1. The van der Waals surface area contributed by atoms with Crippen LogP contribution in [0.2, 0.25) is 0 Å². The fraction of sp³-hybridized carbons (Fsp3) is 0.382.